The number of carbonyl (C=O) groups is 2. The third kappa shape index (κ3) is 3.66. The van der Waals surface area contributed by atoms with Crippen molar-refractivity contribution >= 4 is 19.6 Å². The SMILES string of the molecule is O=C(CP(=O)(O)O)N1C(=O)OC[C@H]1Cc1ccccc1. The summed E-state index contributed by atoms with van der Waals surface area (Å²) in [5.41, 5.74) is 0.907. The van der Waals surface area contributed by atoms with Gasteiger partial charge in [0.1, 0.15) is 12.8 Å². The van der Waals surface area contributed by atoms with Crippen LogP contribution in [0.15, 0.2) is 30.3 Å². The molecule has 0 radical (unpaired) electrons. The van der Waals surface area contributed by atoms with Gasteiger partial charge in [0.2, 0.25) is 5.91 Å². The molecule has 0 bridgehead atoms. The van der Waals surface area contributed by atoms with Crippen LogP contribution in [0.3, 0.4) is 0 Å². The van der Waals surface area contributed by atoms with Gasteiger partial charge >= 0.3 is 13.7 Å². The summed E-state index contributed by atoms with van der Waals surface area (Å²) in [5, 5.41) is 0. The number of cyclic esters (lactones) is 1. The monoisotopic (exact) mass is 299 g/mol. The van der Waals surface area contributed by atoms with Crippen molar-refractivity contribution in [3.63, 3.8) is 0 Å². The predicted molar refractivity (Wildman–Crippen MR) is 69.0 cm³/mol. The summed E-state index contributed by atoms with van der Waals surface area (Å²) in [7, 11) is -4.51. The van der Waals surface area contributed by atoms with Crippen molar-refractivity contribution in [1.82, 2.24) is 4.90 Å². The average Bonchev–Trinajstić information content (AvgIpc) is 2.69. The Morgan fingerprint density at radius 2 is 2.00 bits per heavy atom. The highest BCUT2D eigenvalue weighted by Gasteiger charge is 2.39. The van der Waals surface area contributed by atoms with Crippen LogP contribution in [0.4, 0.5) is 4.79 Å². The van der Waals surface area contributed by atoms with Crippen molar-refractivity contribution in [1.29, 1.82) is 0 Å². The van der Waals surface area contributed by atoms with Gasteiger partial charge < -0.3 is 14.5 Å². The van der Waals surface area contributed by atoms with Crippen molar-refractivity contribution in [2.45, 2.75) is 12.5 Å². The number of nitrogens with zero attached hydrogens (tertiary/aromatic N) is 1. The van der Waals surface area contributed by atoms with E-state index in [9.17, 15) is 14.2 Å². The molecule has 0 aromatic heterocycles. The van der Waals surface area contributed by atoms with Crippen molar-refractivity contribution < 1.29 is 28.7 Å². The van der Waals surface area contributed by atoms with Crippen LogP contribution in [-0.4, -0.2) is 45.5 Å². The van der Waals surface area contributed by atoms with Crippen LogP contribution in [0.2, 0.25) is 0 Å². The summed E-state index contributed by atoms with van der Waals surface area (Å²) < 4.78 is 15.7. The molecule has 20 heavy (non-hydrogen) atoms. The molecule has 1 aromatic rings. The van der Waals surface area contributed by atoms with Gasteiger partial charge in [0, 0.05) is 0 Å². The number of carbonyl (C=O) groups excluding carboxylic acids is 2. The Bertz CT molecular complexity index is 554. The number of ether oxygens (including phenoxy) is 1. The standard InChI is InChI=1S/C12H14NO6P/c14-11(8-20(16,17)18)13-10(7-19-12(13)15)6-9-4-2-1-3-5-9/h1-5,10H,6-8H2,(H2,16,17,18)/t10-/m1/s1. The first-order valence-corrected chi connectivity index (χ1v) is 7.74. The molecule has 0 saturated carbocycles. The normalized spacial score (nSPS) is 19.0. The first-order valence-electron chi connectivity index (χ1n) is 5.94. The summed E-state index contributed by atoms with van der Waals surface area (Å²) in [4.78, 5) is 41.8. The van der Waals surface area contributed by atoms with Gasteiger partial charge in [-0.05, 0) is 12.0 Å². The first kappa shape index (κ1) is 14.7. The minimum Gasteiger partial charge on any atom is -0.447 e. The maximum atomic E-state index is 11.8. The molecule has 1 saturated heterocycles. The van der Waals surface area contributed by atoms with E-state index in [1.807, 2.05) is 30.3 Å². The zero-order valence-corrected chi connectivity index (χ0v) is 11.4. The molecule has 8 heteroatoms. The molecule has 1 atom stereocenters. The Balaban J connectivity index is 2.11. The van der Waals surface area contributed by atoms with E-state index >= 15 is 0 Å². The molecule has 1 aromatic carbocycles. The van der Waals surface area contributed by atoms with Gasteiger partial charge in [-0.2, -0.15) is 0 Å². The van der Waals surface area contributed by atoms with Crippen LogP contribution >= 0.6 is 7.60 Å². The lowest BCUT2D eigenvalue weighted by molar-refractivity contribution is -0.126. The fourth-order valence-corrected chi connectivity index (χ4v) is 2.56. The Morgan fingerprint density at radius 1 is 1.35 bits per heavy atom. The van der Waals surface area contributed by atoms with E-state index in [0.717, 1.165) is 10.5 Å². The van der Waals surface area contributed by atoms with Crippen molar-refractivity contribution in [3.8, 4) is 0 Å². The number of hydrogen-bond donors (Lipinski definition) is 2. The molecule has 108 valence electrons. The summed E-state index contributed by atoms with van der Waals surface area (Å²) in [6, 6.07) is 8.65. The first-order chi connectivity index (χ1) is 9.37. The van der Waals surface area contributed by atoms with Gasteiger partial charge in [-0.15, -0.1) is 0 Å². The van der Waals surface area contributed by atoms with Gasteiger partial charge in [0.15, 0.2) is 0 Å². The minimum atomic E-state index is -4.51. The number of benzene rings is 1. The van der Waals surface area contributed by atoms with Crippen molar-refractivity contribution in [3.05, 3.63) is 35.9 Å². The van der Waals surface area contributed by atoms with Crippen molar-refractivity contribution in [2.24, 2.45) is 0 Å². The zero-order valence-electron chi connectivity index (χ0n) is 10.5. The van der Waals surface area contributed by atoms with Gasteiger partial charge in [-0.3, -0.25) is 9.36 Å². The molecule has 1 fully saturated rings. The molecule has 2 amide bonds. The molecule has 2 rings (SSSR count). The quantitative estimate of drug-likeness (QED) is 0.795. The second kappa shape index (κ2) is 5.75. The molecular weight excluding hydrogens is 285 g/mol. The summed E-state index contributed by atoms with van der Waals surface area (Å²) >= 11 is 0. The molecule has 1 aliphatic heterocycles. The second-order valence-corrected chi connectivity index (χ2v) is 6.15. The molecule has 7 nitrogen and oxygen atoms in total. The fraction of sp³-hybridized carbons (Fsp3) is 0.333. The number of imide groups is 1. The minimum absolute atomic E-state index is 0.0284. The van der Waals surface area contributed by atoms with E-state index in [2.05, 4.69) is 0 Å². The molecule has 0 unspecified atom stereocenters. The Hall–Kier alpha value is -1.69. The number of amides is 2. The van der Waals surface area contributed by atoms with Crippen LogP contribution in [-0.2, 0) is 20.5 Å². The van der Waals surface area contributed by atoms with E-state index < -0.39 is 31.8 Å². The summed E-state index contributed by atoms with van der Waals surface area (Å²) in [6.45, 7) is 0.0284. The number of hydrogen-bond acceptors (Lipinski definition) is 4. The van der Waals surface area contributed by atoms with E-state index in [1.165, 1.54) is 0 Å². The lowest BCUT2D eigenvalue weighted by Crippen LogP contribution is -2.41. The van der Waals surface area contributed by atoms with E-state index in [0.29, 0.717) is 6.42 Å². The average molecular weight is 299 g/mol. The second-order valence-electron chi connectivity index (χ2n) is 4.51. The third-order valence-corrected chi connectivity index (χ3v) is 3.57. The summed E-state index contributed by atoms with van der Waals surface area (Å²) in [6.07, 6.45) is -1.46. The van der Waals surface area contributed by atoms with Gasteiger partial charge in [0.05, 0.1) is 6.04 Å². The van der Waals surface area contributed by atoms with Crippen molar-refractivity contribution in [2.75, 3.05) is 12.8 Å². The largest absolute Gasteiger partial charge is 0.447 e. The molecular formula is C12H14NO6P. The van der Waals surface area contributed by atoms with E-state index in [-0.39, 0.29) is 6.61 Å². The highest BCUT2D eigenvalue weighted by atomic mass is 31.2. The molecule has 1 aliphatic rings. The Morgan fingerprint density at radius 3 is 2.60 bits per heavy atom. The van der Waals surface area contributed by atoms with Crippen LogP contribution in [0.1, 0.15) is 5.56 Å². The van der Waals surface area contributed by atoms with Crippen LogP contribution in [0.25, 0.3) is 0 Å². The van der Waals surface area contributed by atoms with Crippen LogP contribution in [0, 0.1) is 0 Å². The van der Waals surface area contributed by atoms with Crippen LogP contribution < -0.4 is 0 Å². The third-order valence-electron chi connectivity index (χ3n) is 2.89. The van der Waals surface area contributed by atoms with Crippen LogP contribution in [0.5, 0.6) is 0 Å². The molecule has 0 spiro atoms. The molecule has 2 N–H and O–H groups in total. The van der Waals surface area contributed by atoms with E-state index in [4.69, 9.17) is 14.5 Å². The zero-order chi connectivity index (χ0) is 14.8. The van der Waals surface area contributed by atoms with E-state index in [1.54, 1.807) is 0 Å². The van der Waals surface area contributed by atoms with Gasteiger partial charge in [-0.1, -0.05) is 30.3 Å². The molecule has 0 aliphatic carbocycles. The smallest absolute Gasteiger partial charge is 0.417 e. The Labute approximate surface area is 115 Å². The maximum absolute atomic E-state index is 11.8. The molecule has 1 heterocycles. The Kier molecular flexibility index (Phi) is 4.23. The topological polar surface area (TPSA) is 104 Å². The summed E-state index contributed by atoms with van der Waals surface area (Å²) in [5.74, 6) is -0.915. The highest BCUT2D eigenvalue weighted by molar-refractivity contribution is 7.52. The predicted octanol–water partition coefficient (Wildman–Crippen LogP) is 0.754. The highest BCUT2D eigenvalue weighted by Crippen LogP contribution is 2.35. The van der Waals surface area contributed by atoms with Gasteiger partial charge in [0.25, 0.3) is 0 Å². The number of rotatable bonds is 4. The maximum Gasteiger partial charge on any atom is 0.417 e. The lowest BCUT2D eigenvalue weighted by atomic mass is 10.1. The fourth-order valence-electron chi connectivity index (χ4n) is 2.05. The lowest BCUT2D eigenvalue weighted by Gasteiger charge is -2.19. The van der Waals surface area contributed by atoms with Gasteiger partial charge in [-0.25, -0.2) is 9.69 Å².